The number of epoxide rings is 1. The Morgan fingerprint density at radius 2 is 1.65 bits per heavy atom. The molecule has 0 radical (unpaired) electrons. The molecular formula is C16H12O4. The van der Waals surface area contributed by atoms with E-state index in [1.165, 1.54) is 6.07 Å². The van der Waals surface area contributed by atoms with Gasteiger partial charge in [-0.25, -0.2) is 4.79 Å². The summed E-state index contributed by atoms with van der Waals surface area (Å²) in [6.45, 7) is 0. The largest absolute Gasteiger partial charge is 0.478 e. The summed E-state index contributed by atoms with van der Waals surface area (Å²) in [6.07, 6.45) is -0.858. The molecule has 3 rings (SSSR count). The van der Waals surface area contributed by atoms with Crippen LogP contribution >= 0.6 is 0 Å². The van der Waals surface area contributed by atoms with E-state index in [0.29, 0.717) is 5.56 Å². The van der Waals surface area contributed by atoms with Gasteiger partial charge in [-0.05, 0) is 17.7 Å². The lowest BCUT2D eigenvalue weighted by molar-refractivity contribution is 0.0696. The van der Waals surface area contributed by atoms with Gasteiger partial charge >= 0.3 is 5.97 Å². The first-order chi connectivity index (χ1) is 9.66. The summed E-state index contributed by atoms with van der Waals surface area (Å²) in [5, 5.41) is 8.96. The van der Waals surface area contributed by atoms with E-state index >= 15 is 0 Å². The maximum atomic E-state index is 12.2. The van der Waals surface area contributed by atoms with Crippen molar-refractivity contribution in [2.45, 2.75) is 12.2 Å². The highest BCUT2D eigenvalue weighted by molar-refractivity contribution is 6.01. The van der Waals surface area contributed by atoms with Gasteiger partial charge in [-0.1, -0.05) is 42.5 Å². The van der Waals surface area contributed by atoms with E-state index < -0.39 is 12.1 Å². The van der Waals surface area contributed by atoms with Crippen molar-refractivity contribution in [3.05, 3.63) is 71.3 Å². The Morgan fingerprint density at radius 3 is 2.35 bits per heavy atom. The van der Waals surface area contributed by atoms with Gasteiger partial charge in [0.15, 0.2) is 11.9 Å². The van der Waals surface area contributed by atoms with Crippen LogP contribution in [0.2, 0.25) is 0 Å². The summed E-state index contributed by atoms with van der Waals surface area (Å²) in [5.74, 6) is -1.06. The normalized spacial score (nSPS) is 20.4. The molecule has 4 heteroatoms. The third-order valence-electron chi connectivity index (χ3n) is 3.27. The maximum absolute atomic E-state index is 12.2. The third-order valence-corrected chi connectivity index (χ3v) is 3.27. The predicted molar refractivity (Wildman–Crippen MR) is 71.8 cm³/mol. The van der Waals surface area contributed by atoms with E-state index in [0.717, 1.165) is 5.56 Å². The molecule has 0 amide bonds. The van der Waals surface area contributed by atoms with E-state index in [9.17, 15) is 9.59 Å². The molecule has 2 unspecified atom stereocenters. The SMILES string of the molecule is O=C(O)c1cccc(C2OC2C(=O)c2ccccc2)c1. The minimum atomic E-state index is -0.988. The van der Waals surface area contributed by atoms with Crippen LogP contribution in [0.15, 0.2) is 54.6 Å². The Bertz CT molecular complexity index is 663. The Balaban J connectivity index is 1.78. The number of hydrogen-bond acceptors (Lipinski definition) is 3. The zero-order chi connectivity index (χ0) is 14.1. The summed E-state index contributed by atoms with van der Waals surface area (Å²) >= 11 is 0. The standard InChI is InChI=1S/C16H12O4/c17-13(10-5-2-1-3-6-10)15-14(20-15)11-7-4-8-12(9-11)16(18)19/h1-9,14-15H,(H,18,19). The molecule has 2 atom stereocenters. The molecule has 0 spiro atoms. The highest BCUT2D eigenvalue weighted by Crippen LogP contribution is 2.40. The fourth-order valence-corrected chi connectivity index (χ4v) is 2.18. The van der Waals surface area contributed by atoms with Crippen molar-refractivity contribution in [1.29, 1.82) is 0 Å². The Hall–Kier alpha value is -2.46. The van der Waals surface area contributed by atoms with Crippen molar-refractivity contribution >= 4 is 11.8 Å². The van der Waals surface area contributed by atoms with E-state index in [2.05, 4.69) is 0 Å². The average Bonchev–Trinajstić information content (AvgIpc) is 3.28. The summed E-state index contributed by atoms with van der Waals surface area (Å²) in [5.41, 5.74) is 1.53. The van der Waals surface area contributed by atoms with Gasteiger partial charge in [-0.3, -0.25) is 4.79 Å². The molecule has 1 aliphatic rings. The van der Waals surface area contributed by atoms with Crippen LogP contribution in [0.4, 0.5) is 0 Å². The average molecular weight is 268 g/mol. The van der Waals surface area contributed by atoms with Gasteiger partial charge in [0, 0.05) is 5.56 Å². The van der Waals surface area contributed by atoms with Crippen LogP contribution in [-0.4, -0.2) is 23.0 Å². The number of carboxylic acid groups (broad SMARTS) is 1. The number of Topliss-reactive ketones (excluding diaryl/α,β-unsaturated/α-hetero) is 1. The van der Waals surface area contributed by atoms with E-state index in [1.807, 2.05) is 6.07 Å². The summed E-state index contributed by atoms with van der Waals surface area (Å²) in [7, 11) is 0. The predicted octanol–water partition coefficient (Wildman–Crippen LogP) is 2.71. The van der Waals surface area contributed by atoms with E-state index in [1.54, 1.807) is 42.5 Å². The topological polar surface area (TPSA) is 66.9 Å². The molecule has 0 aliphatic carbocycles. The molecule has 0 saturated carbocycles. The van der Waals surface area contributed by atoms with E-state index in [-0.39, 0.29) is 17.5 Å². The zero-order valence-electron chi connectivity index (χ0n) is 10.5. The number of benzene rings is 2. The molecule has 1 N–H and O–H groups in total. The number of aromatic carboxylic acids is 1. The Kier molecular flexibility index (Phi) is 3.08. The van der Waals surface area contributed by atoms with Gasteiger partial charge in [-0.2, -0.15) is 0 Å². The summed E-state index contributed by atoms with van der Waals surface area (Å²) < 4.78 is 5.41. The van der Waals surface area contributed by atoms with Gasteiger partial charge in [0.05, 0.1) is 5.56 Å². The fourth-order valence-electron chi connectivity index (χ4n) is 2.18. The molecule has 0 aromatic heterocycles. The van der Waals surface area contributed by atoms with Crippen LogP contribution in [0.5, 0.6) is 0 Å². The molecule has 20 heavy (non-hydrogen) atoms. The van der Waals surface area contributed by atoms with Crippen molar-refractivity contribution in [3.63, 3.8) is 0 Å². The van der Waals surface area contributed by atoms with Crippen molar-refractivity contribution in [2.75, 3.05) is 0 Å². The van der Waals surface area contributed by atoms with E-state index in [4.69, 9.17) is 9.84 Å². The molecule has 0 bridgehead atoms. The third kappa shape index (κ3) is 2.33. The highest BCUT2D eigenvalue weighted by Gasteiger charge is 2.46. The first-order valence-electron chi connectivity index (χ1n) is 6.25. The maximum Gasteiger partial charge on any atom is 0.335 e. The fraction of sp³-hybridized carbons (Fsp3) is 0.125. The number of carboxylic acids is 1. The van der Waals surface area contributed by atoms with Crippen molar-refractivity contribution < 1.29 is 19.4 Å². The zero-order valence-corrected chi connectivity index (χ0v) is 10.5. The van der Waals surface area contributed by atoms with Crippen LogP contribution in [0.25, 0.3) is 0 Å². The number of carbonyl (C=O) groups is 2. The first-order valence-corrected chi connectivity index (χ1v) is 6.25. The van der Waals surface area contributed by atoms with Crippen molar-refractivity contribution in [2.24, 2.45) is 0 Å². The molecule has 1 fully saturated rings. The molecule has 1 heterocycles. The quantitative estimate of drug-likeness (QED) is 0.684. The second-order valence-electron chi connectivity index (χ2n) is 4.64. The lowest BCUT2D eigenvalue weighted by Crippen LogP contribution is -2.08. The number of ether oxygens (including phenoxy) is 1. The Morgan fingerprint density at radius 1 is 0.950 bits per heavy atom. The molecule has 4 nitrogen and oxygen atoms in total. The second kappa shape index (κ2) is 4.90. The van der Waals surface area contributed by atoms with Crippen LogP contribution < -0.4 is 0 Å². The van der Waals surface area contributed by atoms with Crippen molar-refractivity contribution in [1.82, 2.24) is 0 Å². The molecule has 2 aromatic carbocycles. The smallest absolute Gasteiger partial charge is 0.335 e. The lowest BCUT2D eigenvalue weighted by atomic mass is 10.0. The second-order valence-corrected chi connectivity index (χ2v) is 4.64. The summed E-state index contributed by atoms with van der Waals surface area (Å²) in [6, 6.07) is 15.4. The Labute approximate surface area is 115 Å². The molecule has 1 saturated heterocycles. The number of hydrogen-bond donors (Lipinski definition) is 1. The first kappa shape index (κ1) is 12.6. The van der Waals surface area contributed by atoms with Crippen LogP contribution in [0, 0.1) is 0 Å². The minimum Gasteiger partial charge on any atom is -0.478 e. The lowest BCUT2D eigenvalue weighted by Gasteiger charge is -1.99. The molecule has 2 aromatic rings. The molecule has 100 valence electrons. The molecule has 1 aliphatic heterocycles. The summed E-state index contributed by atoms with van der Waals surface area (Å²) in [4.78, 5) is 23.1. The number of rotatable bonds is 4. The van der Waals surface area contributed by atoms with Crippen LogP contribution in [0.1, 0.15) is 32.4 Å². The van der Waals surface area contributed by atoms with Gasteiger partial charge in [-0.15, -0.1) is 0 Å². The van der Waals surface area contributed by atoms with Gasteiger partial charge < -0.3 is 9.84 Å². The number of carbonyl (C=O) groups excluding carboxylic acids is 1. The monoisotopic (exact) mass is 268 g/mol. The van der Waals surface area contributed by atoms with Crippen molar-refractivity contribution in [3.8, 4) is 0 Å². The van der Waals surface area contributed by atoms with Gasteiger partial charge in [0.1, 0.15) is 6.10 Å². The van der Waals surface area contributed by atoms with Crippen LogP contribution in [0.3, 0.4) is 0 Å². The van der Waals surface area contributed by atoms with Gasteiger partial charge in [0.25, 0.3) is 0 Å². The van der Waals surface area contributed by atoms with Crippen LogP contribution in [-0.2, 0) is 4.74 Å². The van der Waals surface area contributed by atoms with Gasteiger partial charge in [0.2, 0.25) is 0 Å². The molecular weight excluding hydrogens is 256 g/mol. The number of ketones is 1. The highest BCUT2D eigenvalue weighted by atomic mass is 16.6. The minimum absolute atomic E-state index is 0.0728.